The molecule has 0 amide bonds. The van der Waals surface area contributed by atoms with Gasteiger partial charge in [0, 0.05) is 43.1 Å². The number of anilines is 3. The van der Waals surface area contributed by atoms with E-state index < -0.39 is 0 Å². The van der Waals surface area contributed by atoms with Crippen molar-refractivity contribution in [3.05, 3.63) is 88.8 Å². The van der Waals surface area contributed by atoms with Gasteiger partial charge < -0.3 is 15.0 Å². The molecule has 4 aromatic rings. The molecule has 7 heteroatoms. The van der Waals surface area contributed by atoms with Gasteiger partial charge in [-0.25, -0.2) is 4.98 Å². The van der Waals surface area contributed by atoms with Crippen LogP contribution in [-0.2, 0) is 17.9 Å². The molecule has 0 radical (unpaired) electrons. The zero-order valence-electron chi connectivity index (χ0n) is 18.5. The number of benzene rings is 2. The van der Waals surface area contributed by atoms with Gasteiger partial charge in [0.25, 0.3) is 5.56 Å². The fourth-order valence-corrected chi connectivity index (χ4v) is 3.40. The van der Waals surface area contributed by atoms with E-state index in [1.54, 1.807) is 22.9 Å². The van der Waals surface area contributed by atoms with Crippen molar-refractivity contribution in [2.75, 3.05) is 24.3 Å². The molecule has 164 valence electrons. The average molecular weight is 430 g/mol. The Morgan fingerprint density at radius 2 is 1.78 bits per heavy atom. The van der Waals surface area contributed by atoms with Crippen molar-refractivity contribution >= 4 is 28.4 Å². The van der Waals surface area contributed by atoms with Gasteiger partial charge in [-0.15, -0.1) is 0 Å². The second-order valence-corrected chi connectivity index (χ2v) is 7.93. The monoisotopic (exact) mass is 429 g/mol. The lowest BCUT2D eigenvalue weighted by Gasteiger charge is -2.17. The SMILES string of the molecule is CC(Cn1c(=O)ccc2cnc(Nc3ccc(N(C)C)cc3)nc21)OCc1ccccc1. The number of fused-ring (bicyclic) bond motifs is 1. The molecule has 4 rings (SSSR count). The van der Waals surface area contributed by atoms with Crippen molar-refractivity contribution in [2.45, 2.75) is 26.2 Å². The molecule has 0 aliphatic rings. The Balaban J connectivity index is 1.54. The van der Waals surface area contributed by atoms with Gasteiger partial charge in [-0.3, -0.25) is 9.36 Å². The molecule has 0 bridgehead atoms. The third kappa shape index (κ3) is 5.12. The topological polar surface area (TPSA) is 72.3 Å². The number of aromatic nitrogens is 3. The summed E-state index contributed by atoms with van der Waals surface area (Å²) in [5.74, 6) is 0.437. The number of hydrogen-bond donors (Lipinski definition) is 1. The van der Waals surface area contributed by atoms with Gasteiger partial charge in [0.1, 0.15) is 5.65 Å². The second-order valence-electron chi connectivity index (χ2n) is 7.93. The van der Waals surface area contributed by atoms with Crippen LogP contribution in [0, 0.1) is 0 Å². The summed E-state index contributed by atoms with van der Waals surface area (Å²) in [6.07, 6.45) is 1.56. The van der Waals surface area contributed by atoms with Crippen molar-refractivity contribution in [2.24, 2.45) is 0 Å². The molecule has 0 saturated heterocycles. The maximum atomic E-state index is 12.6. The van der Waals surface area contributed by atoms with E-state index in [9.17, 15) is 4.79 Å². The van der Waals surface area contributed by atoms with E-state index in [-0.39, 0.29) is 11.7 Å². The molecule has 0 saturated carbocycles. The minimum Gasteiger partial charge on any atom is -0.378 e. The van der Waals surface area contributed by atoms with Crippen molar-refractivity contribution in [1.29, 1.82) is 0 Å². The average Bonchev–Trinajstić information content (AvgIpc) is 2.81. The predicted octanol–water partition coefficient (Wildman–Crippen LogP) is 4.21. The summed E-state index contributed by atoms with van der Waals surface area (Å²) in [7, 11) is 4.00. The van der Waals surface area contributed by atoms with Crippen molar-refractivity contribution in [1.82, 2.24) is 14.5 Å². The lowest BCUT2D eigenvalue weighted by Crippen LogP contribution is -2.27. The molecule has 2 aromatic carbocycles. The van der Waals surface area contributed by atoms with Crippen LogP contribution in [0.15, 0.2) is 77.7 Å². The molecule has 7 nitrogen and oxygen atoms in total. The van der Waals surface area contributed by atoms with Crippen LogP contribution >= 0.6 is 0 Å². The zero-order valence-corrected chi connectivity index (χ0v) is 18.5. The van der Waals surface area contributed by atoms with E-state index in [4.69, 9.17) is 4.74 Å². The molecule has 0 aliphatic carbocycles. The first kappa shape index (κ1) is 21.5. The first-order valence-corrected chi connectivity index (χ1v) is 10.6. The van der Waals surface area contributed by atoms with Crippen LogP contribution in [0.1, 0.15) is 12.5 Å². The van der Waals surface area contributed by atoms with Crippen LogP contribution < -0.4 is 15.8 Å². The zero-order chi connectivity index (χ0) is 22.5. The normalized spacial score (nSPS) is 12.0. The van der Waals surface area contributed by atoms with Crippen LogP contribution in [0.4, 0.5) is 17.3 Å². The Morgan fingerprint density at radius 1 is 1.03 bits per heavy atom. The molecule has 32 heavy (non-hydrogen) atoms. The fourth-order valence-electron chi connectivity index (χ4n) is 3.40. The predicted molar refractivity (Wildman–Crippen MR) is 129 cm³/mol. The highest BCUT2D eigenvalue weighted by atomic mass is 16.5. The Bertz CT molecular complexity index is 1240. The summed E-state index contributed by atoms with van der Waals surface area (Å²) >= 11 is 0. The standard InChI is InChI=1S/C25H27N5O2/c1-18(32-17-19-7-5-4-6-8-19)16-30-23(31)14-9-20-15-26-25(28-24(20)30)27-21-10-12-22(13-11-21)29(2)3/h4-15,18H,16-17H2,1-3H3,(H,26,27,28). The summed E-state index contributed by atoms with van der Waals surface area (Å²) in [4.78, 5) is 23.7. The molecule has 1 atom stereocenters. The molecule has 0 aliphatic heterocycles. The van der Waals surface area contributed by atoms with Crippen LogP contribution in [0.3, 0.4) is 0 Å². The van der Waals surface area contributed by atoms with Crippen LogP contribution in [0.25, 0.3) is 11.0 Å². The fraction of sp³-hybridized carbons (Fsp3) is 0.240. The van der Waals surface area contributed by atoms with E-state index in [1.165, 1.54) is 0 Å². The Kier molecular flexibility index (Phi) is 6.47. The number of nitrogens with one attached hydrogen (secondary N) is 1. The quantitative estimate of drug-likeness (QED) is 0.452. The highest BCUT2D eigenvalue weighted by molar-refractivity contribution is 5.75. The lowest BCUT2D eigenvalue weighted by molar-refractivity contribution is 0.0419. The first-order chi connectivity index (χ1) is 15.5. The lowest BCUT2D eigenvalue weighted by atomic mass is 10.2. The van der Waals surface area contributed by atoms with Gasteiger partial charge in [-0.2, -0.15) is 4.98 Å². The number of hydrogen-bond acceptors (Lipinski definition) is 6. The van der Waals surface area contributed by atoms with Crippen LogP contribution in [-0.4, -0.2) is 34.7 Å². The van der Waals surface area contributed by atoms with E-state index in [2.05, 4.69) is 15.3 Å². The molecule has 0 spiro atoms. The number of nitrogens with zero attached hydrogens (tertiary/aromatic N) is 4. The molecule has 2 aromatic heterocycles. The van der Waals surface area contributed by atoms with Gasteiger partial charge in [0.05, 0.1) is 19.3 Å². The summed E-state index contributed by atoms with van der Waals surface area (Å²) in [6.45, 7) is 2.85. The van der Waals surface area contributed by atoms with Gasteiger partial charge in [0.15, 0.2) is 0 Å². The van der Waals surface area contributed by atoms with E-state index in [0.717, 1.165) is 22.3 Å². The van der Waals surface area contributed by atoms with Crippen molar-refractivity contribution in [3.63, 3.8) is 0 Å². The minimum absolute atomic E-state index is 0.118. The highest BCUT2D eigenvalue weighted by Gasteiger charge is 2.11. The Hall–Kier alpha value is -3.71. The third-order valence-electron chi connectivity index (χ3n) is 5.18. The Labute approximate surface area is 187 Å². The molecule has 1 N–H and O–H groups in total. The summed E-state index contributed by atoms with van der Waals surface area (Å²) in [6, 6.07) is 21.3. The highest BCUT2D eigenvalue weighted by Crippen LogP contribution is 2.19. The maximum Gasteiger partial charge on any atom is 0.252 e. The molecule has 1 unspecified atom stereocenters. The van der Waals surface area contributed by atoms with Crippen LogP contribution in [0.2, 0.25) is 0 Å². The van der Waals surface area contributed by atoms with Gasteiger partial charge in [-0.1, -0.05) is 30.3 Å². The number of rotatable bonds is 8. The van der Waals surface area contributed by atoms with E-state index >= 15 is 0 Å². The molecule has 2 heterocycles. The first-order valence-electron chi connectivity index (χ1n) is 10.6. The molecular weight excluding hydrogens is 402 g/mol. The number of ether oxygens (including phenoxy) is 1. The largest absolute Gasteiger partial charge is 0.378 e. The van der Waals surface area contributed by atoms with E-state index in [1.807, 2.05) is 80.5 Å². The third-order valence-corrected chi connectivity index (χ3v) is 5.18. The smallest absolute Gasteiger partial charge is 0.252 e. The minimum atomic E-state index is -0.163. The van der Waals surface area contributed by atoms with Crippen LogP contribution in [0.5, 0.6) is 0 Å². The molecule has 0 fully saturated rings. The summed E-state index contributed by atoms with van der Waals surface area (Å²) in [5.41, 5.74) is 3.54. The summed E-state index contributed by atoms with van der Waals surface area (Å²) in [5, 5.41) is 4.02. The second kappa shape index (κ2) is 9.62. The van der Waals surface area contributed by atoms with Gasteiger partial charge in [-0.05, 0) is 42.8 Å². The van der Waals surface area contributed by atoms with Gasteiger partial charge >= 0.3 is 0 Å². The van der Waals surface area contributed by atoms with Gasteiger partial charge in [0.2, 0.25) is 5.95 Å². The molecular formula is C25H27N5O2. The summed E-state index contributed by atoms with van der Waals surface area (Å²) < 4.78 is 7.62. The Morgan fingerprint density at radius 3 is 2.50 bits per heavy atom. The number of pyridine rings is 1. The van der Waals surface area contributed by atoms with Crippen molar-refractivity contribution in [3.8, 4) is 0 Å². The van der Waals surface area contributed by atoms with E-state index in [0.29, 0.717) is 24.7 Å². The maximum absolute atomic E-state index is 12.6. The van der Waals surface area contributed by atoms with Crippen molar-refractivity contribution < 1.29 is 4.74 Å².